The molecule has 3 nitrogen and oxygen atoms in total. The number of ether oxygens (including phenoxy) is 2. The third-order valence-corrected chi connectivity index (χ3v) is 5.16. The summed E-state index contributed by atoms with van der Waals surface area (Å²) in [5, 5.41) is 0.255. The highest BCUT2D eigenvalue weighted by molar-refractivity contribution is 8.00. The van der Waals surface area contributed by atoms with E-state index in [0.717, 1.165) is 6.42 Å². The summed E-state index contributed by atoms with van der Waals surface area (Å²) in [7, 11) is 0. The molecule has 0 spiro atoms. The smallest absolute Gasteiger partial charge is 0.302 e. The van der Waals surface area contributed by atoms with E-state index in [1.807, 2.05) is 25.1 Å². The lowest BCUT2D eigenvalue weighted by Crippen LogP contribution is -2.51. The van der Waals surface area contributed by atoms with Crippen molar-refractivity contribution in [2.75, 3.05) is 0 Å². The van der Waals surface area contributed by atoms with Crippen LogP contribution in [0.25, 0.3) is 0 Å². The Bertz CT molecular complexity index is 458. The van der Waals surface area contributed by atoms with Crippen LogP contribution in [0.1, 0.15) is 34.1 Å². The number of hydrogen-bond donors (Lipinski definition) is 0. The van der Waals surface area contributed by atoms with Crippen LogP contribution < -0.4 is 0 Å². The number of carbonyl (C=O) groups is 1. The Kier molecular flexibility index (Phi) is 4.76. The van der Waals surface area contributed by atoms with Crippen molar-refractivity contribution in [3.05, 3.63) is 30.3 Å². The van der Waals surface area contributed by atoms with Crippen molar-refractivity contribution >= 4 is 17.7 Å². The second-order valence-electron chi connectivity index (χ2n) is 5.73. The first-order valence-electron chi connectivity index (χ1n) is 6.95. The maximum atomic E-state index is 11.2. The van der Waals surface area contributed by atoms with Crippen LogP contribution in [0.4, 0.5) is 0 Å². The average molecular weight is 294 g/mol. The van der Waals surface area contributed by atoms with Crippen molar-refractivity contribution in [2.45, 2.75) is 62.1 Å². The molecule has 0 bridgehead atoms. The number of benzene rings is 1. The van der Waals surface area contributed by atoms with E-state index in [2.05, 4.69) is 26.0 Å². The first kappa shape index (κ1) is 15.4. The molecule has 0 aromatic heterocycles. The molecule has 20 heavy (non-hydrogen) atoms. The lowest BCUT2D eigenvalue weighted by molar-refractivity contribution is -0.179. The summed E-state index contributed by atoms with van der Waals surface area (Å²) >= 11 is 1.79. The molecule has 2 rings (SSSR count). The Labute approximate surface area is 125 Å². The molecule has 3 atom stereocenters. The van der Waals surface area contributed by atoms with Crippen LogP contribution in [0.2, 0.25) is 0 Å². The minimum absolute atomic E-state index is 0.0680. The lowest BCUT2D eigenvalue weighted by atomic mass is 9.93. The van der Waals surface area contributed by atoms with Crippen molar-refractivity contribution in [2.24, 2.45) is 0 Å². The Balaban J connectivity index is 2.10. The first-order valence-corrected chi connectivity index (χ1v) is 7.83. The highest BCUT2D eigenvalue weighted by Gasteiger charge is 2.43. The van der Waals surface area contributed by atoms with E-state index in [0.29, 0.717) is 0 Å². The molecule has 1 aliphatic rings. The number of rotatable bonds is 3. The summed E-state index contributed by atoms with van der Waals surface area (Å²) in [6, 6.07) is 10.3. The van der Waals surface area contributed by atoms with Crippen LogP contribution in [-0.4, -0.2) is 29.0 Å². The van der Waals surface area contributed by atoms with Crippen molar-refractivity contribution in [1.82, 2.24) is 0 Å². The molecule has 0 amide bonds. The van der Waals surface area contributed by atoms with Crippen LogP contribution in [-0.2, 0) is 14.3 Å². The fourth-order valence-corrected chi connectivity index (χ4v) is 3.80. The maximum Gasteiger partial charge on any atom is 0.302 e. The van der Waals surface area contributed by atoms with Crippen LogP contribution in [0.15, 0.2) is 35.2 Å². The van der Waals surface area contributed by atoms with E-state index in [9.17, 15) is 4.79 Å². The summed E-state index contributed by atoms with van der Waals surface area (Å²) in [5.41, 5.74) is -0.240. The third-order valence-electron chi connectivity index (χ3n) is 3.57. The highest BCUT2D eigenvalue weighted by atomic mass is 32.2. The van der Waals surface area contributed by atoms with E-state index in [-0.39, 0.29) is 29.0 Å². The number of esters is 1. The monoisotopic (exact) mass is 294 g/mol. The van der Waals surface area contributed by atoms with Gasteiger partial charge in [0.15, 0.2) is 0 Å². The topological polar surface area (TPSA) is 35.5 Å². The molecule has 1 aromatic rings. The van der Waals surface area contributed by atoms with Crippen molar-refractivity contribution in [1.29, 1.82) is 0 Å². The van der Waals surface area contributed by atoms with E-state index in [4.69, 9.17) is 9.47 Å². The fourth-order valence-electron chi connectivity index (χ4n) is 2.53. The number of thioether (sulfide) groups is 1. The Morgan fingerprint density at radius 1 is 1.35 bits per heavy atom. The fraction of sp³-hybridized carbons (Fsp3) is 0.562. The summed E-state index contributed by atoms with van der Waals surface area (Å²) in [6.45, 7) is 7.63. The molecule has 1 aliphatic heterocycles. The molecular formula is C16H22O3S. The van der Waals surface area contributed by atoms with E-state index < -0.39 is 0 Å². The van der Waals surface area contributed by atoms with Gasteiger partial charge >= 0.3 is 5.97 Å². The van der Waals surface area contributed by atoms with E-state index in [1.54, 1.807) is 11.8 Å². The average Bonchev–Trinajstić information content (AvgIpc) is 2.35. The molecule has 4 heteroatoms. The van der Waals surface area contributed by atoms with Gasteiger partial charge in [0.1, 0.15) is 6.10 Å². The molecule has 1 fully saturated rings. The zero-order chi connectivity index (χ0) is 14.8. The van der Waals surface area contributed by atoms with Gasteiger partial charge in [-0.3, -0.25) is 4.79 Å². The second kappa shape index (κ2) is 6.19. The summed E-state index contributed by atoms with van der Waals surface area (Å²) in [6.07, 6.45) is 0.580. The van der Waals surface area contributed by atoms with Crippen LogP contribution >= 0.6 is 11.8 Å². The third kappa shape index (κ3) is 3.76. The van der Waals surface area contributed by atoms with E-state index in [1.165, 1.54) is 11.8 Å². The van der Waals surface area contributed by atoms with Gasteiger partial charge < -0.3 is 9.47 Å². The van der Waals surface area contributed by atoms with Crippen molar-refractivity contribution in [3.63, 3.8) is 0 Å². The molecular weight excluding hydrogens is 272 g/mol. The zero-order valence-electron chi connectivity index (χ0n) is 12.5. The quantitative estimate of drug-likeness (QED) is 0.797. The first-order chi connectivity index (χ1) is 9.38. The SMILES string of the molecule is CC(=O)O[C@H]1C[C@H](Sc2ccccc2)C(C)(C)O[C@@H]1C. The summed E-state index contributed by atoms with van der Waals surface area (Å²) in [5.74, 6) is -0.242. The molecule has 0 radical (unpaired) electrons. The van der Waals surface area contributed by atoms with Crippen LogP contribution in [0.3, 0.4) is 0 Å². The number of hydrogen-bond acceptors (Lipinski definition) is 4. The van der Waals surface area contributed by atoms with Gasteiger partial charge in [0, 0.05) is 23.5 Å². The minimum Gasteiger partial charge on any atom is -0.460 e. The summed E-state index contributed by atoms with van der Waals surface area (Å²) in [4.78, 5) is 12.4. The second-order valence-corrected chi connectivity index (χ2v) is 7.01. The molecule has 1 aromatic carbocycles. The minimum atomic E-state index is -0.242. The predicted molar refractivity (Wildman–Crippen MR) is 80.9 cm³/mol. The summed E-state index contributed by atoms with van der Waals surface area (Å²) < 4.78 is 11.5. The lowest BCUT2D eigenvalue weighted by Gasteiger charge is -2.44. The molecule has 0 saturated carbocycles. The van der Waals surface area contributed by atoms with Gasteiger partial charge in [-0.25, -0.2) is 0 Å². The molecule has 0 N–H and O–H groups in total. The van der Waals surface area contributed by atoms with Gasteiger partial charge in [-0.2, -0.15) is 0 Å². The van der Waals surface area contributed by atoms with Crippen molar-refractivity contribution in [3.8, 4) is 0 Å². The van der Waals surface area contributed by atoms with E-state index >= 15 is 0 Å². The Hall–Kier alpha value is -1.00. The van der Waals surface area contributed by atoms with Gasteiger partial charge in [-0.1, -0.05) is 18.2 Å². The molecule has 1 saturated heterocycles. The van der Waals surface area contributed by atoms with Gasteiger partial charge in [-0.15, -0.1) is 11.8 Å². The van der Waals surface area contributed by atoms with Gasteiger partial charge in [0.2, 0.25) is 0 Å². The normalized spacial score (nSPS) is 28.9. The predicted octanol–water partition coefficient (Wildman–Crippen LogP) is 3.67. The van der Waals surface area contributed by atoms with Gasteiger partial charge in [0.05, 0.1) is 11.7 Å². The largest absolute Gasteiger partial charge is 0.460 e. The molecule has 1 heterocycles. The molecule has 110 valence electrons. The van der Waals surface area contributed by atoms with Crippen LogP contribution in [0.5, 0.6) is 0 Å². The Morgan fingerprint density at radius 2 is 2.00 bits per heavy atom. The molecule has 0 unspecified atom stereocenters. The van der Waals surface area contributed by atoms with Gasteiger partial charge in [0.25, 0.3) is 0 Å². The van der Waals surface area contributed by atoms with Crippen LogP contribution in [0, 0.1) is 0 Å². The maximum absolute atomic E-state index is 11.2. The molecule has 0 aliphatic carbocycles. The van der Waals surface area contributed by atoms with Crippen molar-refractivity contribution < 1.29 is 14.3 Å². The van der Waals surface area contributed by atoms with Gasteiger partial charge in [-0.05, 0) is 32.9 Å². The standard InChI is InChI=1S/C16H22O3S/c1-11-14(18-12(2)17)10-15(16(3,4)19-11)20-13-8-6-5-7-9-13/h5-9,11,14-15H,10H2,1-4H3/t11-,14+,15+/m1/s1. The highest BCUT2D eigenvalue weighted by Crippen LogP contribution is 2.40. The zero-order valence-corrected chi connectivity index (χ0v) is 13.3. The number of carbonyl (C=O) groups excluding carboxylic acids is 1. The Morgan fingerprint density at radius 3 is 2.60 bits per heavy atom.